The normalized spacial score (nSPS) is 18.7. The van der Waals surface area contributed by atoms with E-state index in [0.29, 0.717) is 6.04 Å². The summed E-state index contributed by atoms with van der Waals surface area (Å²) in [5.41, 5.74) is 6.96. The average molecular weight is 250 g/mol. The van der Waals surface area contributed by atoms with Gasteiger partial charge in [0, 0.05) is 24.3 Å². The molecule has 18 heavy (non-hydrogen) atoms. The van der Waals surface area contributed by atoms with Crippen LogP contribution >= 0.6 is 0 Å². The molecule has 0 saturated carbocycles. The highest BCUT2D eigenvalue weighted by atomic mass is 15.3. The molecular formula is C14H26N4. The Morgan fingerprint density at radius 3 is 2.67 bits per heavy atom. The molecule has 0 unspecified atom stereocenters. The van der Waals surface area contributed by atoms with Gasteiger partial charge in [-0.25, -0.2) is 0 Å². The molecule has 0 aliphatic carbocycles. The summed E-state index contributed by atoms with van der Waals surface area (Å²) in [5, 5.41) is 4.40. The number of piperidine rings is 1. The van der Waals surface area contributed by atoms with Crippen molar-refractivity contribution in [3.05, 3.63) is 18.0 Å². The molecule has 1 fully saturated rings. The lowest BCUT2D eigenvalue weighted by molar-refractivity contribution is 0.173. The summed E-state index contributed by atoms with van der Waals surface area (Å²) in [6, 6.07) is 0.453. The molecule has 1 aliphatic rings. The van der Waals surface area contributed by atoms with Gasteiger partial charge in [-0.05, 0) is 58.7 Å². The van der Waals surface area contributed by atoms with Crippen LogP contribution in [0.5, 0.6) is 0 Å². The molecule has 0 atom stereocenters. The van der Waals surface area contributed by atoms with Crippen molar-refractivity contribution < 1.29 is 0 Å². The third-order valence-corrected chi connectivity index (χ3v) is 3.87. The number of rotatable bonds is 5. The fourth-order valence-corrected chi connectivity index (χ4v) is 2.67. The van der Waals surface area contributed by atoms with Gasteiger partial charge in [0.25, 0.3) is 0 Å². The predicted molar refractivity (Wildman–Crippen MR) is 74.3 cm³/mol. The second kappa shape index (κ2) is 6.34. The Kier molecular flexibility index (Phi) is 4.78. The van der Waals surface area contributed by atoms with E-state index in [1.807, 2.05) is 10.9 Å². The van der Waals surface area contributed by atoms with Crippen molar-refractivity contribution in [2.45, 2.75) is 45.7 Å². The van der Waals surface area contributed by atoms with E-state index in [2.05, 4.69) is 30.0 Å². The Bertz CT molecular complexity index is 350. The lowest BCUT2D eigenvalue weighted by Crippen LogP contribution is -2.33. The van der Waals surface area contributed by atoms with Crippen LogP contribution in [0, 0.1) is 5.92 Å². The standard InChI is InChI=1S/C14H26N4/c1-12(2)18-11-14(9-16-18)10-17-7-4-13(3-6-15)5-8-17/h9,11-13H,3-8,10,15H2,1-2H3. The molecule has 0 radical (unpaired) electrons. The predicted octanol–water partition coefficient (Wildman–Crippen LogP) is 2.02. The van der Waals surface area contributed by atoms with E-state index < -0.39 is 0 Å². The lowest BCUT2D eigenvalue weighted by atomic mass is 9.93. The van der Waals surface area contributed by atoms with Crippen molar-refractivity contribution in [3.8, 4) is 0 Å². The van der Waals surface area contributed by atoms with Crippen LogP contribution in [0.1, 0.15) is 44.7 Å². The zero-order valence-electron chi connectivity index (χ0n) is 11.7. The molecule has 1 saturated heterocycles. The first-order chi connectivity index (χ1) is 8.69. The summed E-state index contributed by atoms with van der Waals surface area (Å²) >= 11 is 0. The molecule has 4 nitrogen and oxygen atoms in total. The zero-order valence-corrected chi connectivity index (χ0v) is 11.7. The summed E-state index contributed by atoms with van der Waals surface area (Å²) in [6.45, 7) is 8.62. The average Bonchev–Trinajstić information content (AvgIpc) is 2.81. The van der Waals surface area contributed by atoms with Gasteiger partial charge in [-0.3, -0.25) is 9.58 Å². The zero-order chi connectivity index (χ0) is 13.0. The lowest BCUT2D eigenvalue weighted by Gasteiger charge is -2.31. The van der Waals surface area contributed by atoms with Gasteiger partial charge in [0.1, 0.15) is 0 Å². The van der Waals surface area contributed by atoms with E-state index in [1.54, 1.807) is 0 Å². The summed E-state index contributed by atoms with van der Waals surface area (Å²) in [5.74, 6) is 0.852. The van der Waals surface area contributed by atoms with E-state index in [9.17, 15) is 0 Å². The van der Waals surface area contributed by atoms with Gasteiger partial charge in [-0.2, -0.15) is 5.10 Å². The Balaban J connectivity index is 1.80. The Labute approximate surface area is 110 Å². The van der Waals surface area contributed by atoms with Crippen LogP contribution in [0.15, 0.2) is 12.4 Å². The van der Waals surface area contributed by atoms with E-state index >= 15 is 0 Å². The van der Waals surface area contributed by atoms with Crippen LogP contribution in [0.3, 0.4) is 0 Å². The second-order valence-corrected chi connectivity index (χ2v) is 5.72. The molecule has 0 aromatic carbocycles. The minimum Gasteiger partial charge on any atom is -0.330 e. The second-order valence-electron chi connectivity index (χ2n) is 5.72. The SMILES string of the molecule is CC(C)n1cc(CN2CCC(CCN)CC2)cn1. The highest BCUT2D eigenvalue weighted by molar-refractivity contribution is 5.04. The Morgan fingerprint density at radius 2 is 2.11 bits per heavy atom. The number of nitrogens with zero attached hydrogens (tertiary/aromatic N) is 3. The summed E-state index contributed by atoms with van der Waals surface area (Å²) in [7, 11) is 0. The number of aromatic nitrogens is 2. The third kappa shape index (κ3) is 3.56. The van der Waals surface area contributed by atoms with E-state index in [1.165, 1.54) is 37.9 Å². The van der Waals surface area contributed by atoms with Crippen molar-refractivity contribution >= 4 is 0 Å². The minimum absolute atomic E-state index is 0.453. The third-order valence-electron chi connectivity index (χ3n) is 3.87. The number of nitrogens with two attached hydrogens (primary N) is 1. The molecule has 2 heterocycles. The first kappa shape index (κ1) is 13.6. The van der Waals surface area contributed by atoms with Crippen LogP contribution in [0.4, 0.5) is 0 Å². The molecule has 2 N–H and O–H groups in total. The van der Waals surface area contributed by atoms with Crippen LogP contribution in [-0.2, 0) is 6.54 Å². The smallest absolute Gasteiger partial charge is 0.0534 e. The maximum Gasteiger partial charge on any atom is 0.0534 e. The first-order valence-corrected chi connectivity index (χ1v) is 7.14. The molecular weight excluding hydrogens is 224 g/mol. The minimum atomic E-state index is 0.453. The van der Waals surface area contributed by atoms with Gasteiger partial charge in [0.15, 0.2) is 0 Å². The topological polar surface area (TPSA) is 47.1 Å². The quantitative estimate of drug-likeness (QED) is 0.869. The van der Waals surface area contributed by atoms with Crippen LogP contribution in [-0.4, -0.2) is 34.3 Å². The van der Waals surface area contributed by atoms with Crippen LogP contribution in [0.2, 0.25) is 0 Å². The summed E-state index contributed by atoms with van der Waals surface area (Å²) in [6.07, 6.45) is 7.98. The largest absolute Gasteiger partial charge is 0.330 e. The molecule has 0 bridgehead atoms. The molecule has 0 amide bonds. The fourth-order valence-electron chi connectivity index (χ4n) is 2.67. The Morgan fingerprint density at radius 1 is 1.39 bits per heavy atom. The summed E-state index contributed by atoms with van der Waals surface area (Å²) in [4.78, 5) is 2.54. The molecule has 1 aromatic heterocycles. The van der Waals surface area contributed by atoms with Gasteiger partial charge in [-0.1, -0.05) is 0 Å². The number of likely N-dealkylation sites (tertiary alicyclic amines) is 1. The molecule has 1 aliphatic heterocycles. The van der Waals surface area contributed by atoms with Crippen molar-refractivity contribution in [2.24, 2.45) is 11.7 Å². The number of hydrogen-bond acceptors (Lipinski definition) is 3. The highest BCUT2D eigenvalue weighted by Crippen LogP contribution is 2.21. The molecule has 4 heteroatoms. The van der Waals surface area contributed by atoms with Gasteiger partial charge in [-0.15, -0.1) is 0 Å². The van der Waals surface area contributed by atoms with Gasteiger partial charge in [0.05, 0.1) is 6.20 Å². The maximum atomic E-state index is 5.62. The monoisotopic (exact) mass is 250 g/mol. The van der Waals surface area contributed by atoms with Crippen molar-refractivity contribution in [3.63, 3.8) is 0 Å². The fraction of sp³-hybridized carbons (Fsp3) is 0.786. The van der Waals surface area contributed by atoms with Gasteiger partial charge < -0.3 is 5.73 Å². The van der Waals surface area contributed by atoms with Crippen LogP contribution in [0.25, 0.3) is 0 Å². The first-order valence-electron chi connectivity index (χ1n) is 7.14. The highest BCUT2D eigenvalue weighted by Gasteiger charge is 2.18. The molecule has 102 valence electrons. The molecule has 0 spiro atoms. The van der Waals surface area contributed by atoms with Gasteiger partial charge >= 0.3 is 0 Å². The van der Waals surface area contributed by atoms with Crippen LogP contribution < -0.4 is 5.73 Å². The van der Waals surface area contributed by atoms with Crippen molar-refractivity contribution in [1.29, 1.82) is 0 Å². The Hall–Kier alpha value is -0.870. The molecule has 2 rings (SSSR count). The summed E-state index contributed by atoms with van der Waals surface area (Å²) < 4.78 is 2.04. The van der Waals surface area contributed by atoms with E-state index in [-0.39, 0.29) is 0 Å². The van der Waals surface area contributed by atoms with Crippen molar-refractivity contribution in [2.75, 3.05) is 19.6 Å². The number of hydrogen-bond donors (Lipinski definition) is 1. The molecule has 1 aromatic rings. The maximum absolute atomic E-state index is 5.62. The van der Waals surface area contributed by atoms with E-state index in [4.69, 9.17) is 5.73 Å². The van der Waals surface area contributed by atoms with E-state index in [0.717, 1.165) is 19.0 Å². The van der Waals surface area contributed by atoms with Crippen molar-refractivity contribution in [1.82, 2.24) is 14.7 Å². The van der Waals surface area contributed by atoms with Gasteiger partial charge in [0.2, 0.25) is 0 Å².